The molecule has 3 aromatic carbocycles. The molecule has 156 valence electrons. The van der Waals surface area contributed by atoms with Crippen molar-refractivity contribution in [2.75, 3.05) is 25.6 Å². The number of nitrogens with zero attached hydrogens (tertiary/aromatic N) is 2. The van der Waals surface area contributed by atoms with Gasteiger partial charge in [0.25, 0.3) is 0 Å². The Morgan fingerprint density at radius 2 is 1.81 bits per heavy atom. The zero-order valence-electron chi connectivity index (χ0n) is 17.0. The van der Waals surface area contributed by atoms with E-state index in [1.165, 1.54) is 0 Å². The van der Waals surface area contributed by atoms with Gasteiger partial charge in [-0.1, -0.05) is 12.1 Å². The minimum absolute atomic E-state index is 0.121. The molecule has 7 heteroatoms. The molecule has 1 aliphatic rings. The van der Waals surface area contributed by atoms with Gasteiger partial charge in [0.15, 0.2) is 11.5 Å². The molecule has 0 saturated carbocycles. The lowest BCUT2D eigenvalue weighted by molar-refractivity contribution is -0.116. The van der Waals surface area contributed by atoms with Crippen molar-refractivity contribution in [3.63, 3.8) is 0 Å². The van der Waals surface area contributed by atoms with Crippen LogP contribution in [0.2, 0.25) is 0 Å². The highest BCUT2D eigenvalue weighted by molar-refractivity contribution is 5.93. The van der Waals surface area contributed by atoms with Crippen LogP contribution in [0.1, 0.15) is 0 Å². The molecule has 0 saturated heterocycles. The van der Waals surface area contributed by atoms with E-state index in [0.717, 1.165) is 28.2 Å². The summed E-state index contributed by atoms with van der Waals surface area (Å²) in [6, 6.07) is 20.8. The van der Waals surface area contributed by atoms with Crippen LogP contribution in [0.4, 0.5) is 5.69 Å². The van der Waals surface area contributed by atoms with Gasteiger partial charge in [0, 0.05) is 17.3 Å². The topological polar surface area (TPSA) is 74.6 Å². The van der Waals surface area contributed by atoms with Gasteiger partial charge in [0.1, 0.15) is 31.3 Å². The van der Waals surface area contributed by atoms with Crippen molar-refractivity contribution in [1.29, 1.82) is 0 Å². The Morgan fingerprint density at radius 3 is 2.61 bits per heavy atom. The highest BCUT2D eigenvalue weighted by Crippen LogP contribution is 2.33. The quantitative estimate of drug-likeness (QED) is 0.531. The number of anilines is 1. The van der Waals surface area contributed by atoms with Crippen LogP contribution in [0.5, 0.6) is 17.2 Å². The lowest BCUT2D eigenvalue weighted by Gasteiger charge is -2.19. The first kappa shape index (κ1) is 19.0. The van der Waals surface area contributed by atoms with Crippen LogP contribution in [-0.2, 0) is 11.3 Å². The number of amides is 1. The summed E-state index contributed by atoms with van der Waals surface area (Å²) >= 11 is 0. The van der Waals surface area contributed by atoms with Crippen molar-refractivity contribution in [1.82, 2.24) is 9.55 Å². The van der Waals surface area contributed by atoms with Gasteiger partial charge in [-0.25, -0.2) is 4.98 Å². The third kappa shape index (κ3) is 3.77. The van der Waals surface area contributed by atoms with Crippen molar-refractivity contribution < 1.29 is 19.0 Å². The third-order valence-corrected chi connectivity index (χ3v) is 5.13. The van der Waals surface area contributed by atoms with E-state index in [1.54, 1.807) is 19.2 Å². The van der Waals surface area contributed by atoms with E-state index >= 15 is 0 Å². The number of para-hydroxylation sites is 2. The number of ether oxygens (including phenoxy) is 3. The van der Waals surface area contributed by atoms with Crippen LogP contribution in [0, 0.1) is 0 Å². The van der Waals surface area contributed by atoms with Gasteiger partial charge in [0.05, 0.1) is 18.1 Å². The number of methoxy groups -OCH3 is 1. The van der Waals surface area contributed by atoms with Crippen LogP contribution < -0.4 is 19.5 Å². The maximum atomic E-state index is 12.9. The fourth-order valence-electron chi connectivity index (χ4n) is 3.66. The molecule has 0 aliphatic carbocycles. The molecule has 4 aromatic rings. The van der Waals surface area contributed by atoms with E-state index < -0.39 is 0 Å². The summed E-state index contributed by atoms with van der Waals surface area (Å²) in [6.45, 7) is 1.15. The van der Waals surface area contributed by atoms with Crippen molar-refractivity contribution in [3.8, 4) is 28.6 Å². The lowest BCUT2D eigenvalue weighted by Crippen LogP contribution is -2.20. The molecule has 1 aliphatic heterocycles. The van der Waals surface area contributed by atoms with E-state index in [4.69, 9.17) is 19.2 Å². The molecular weight excluding hydrogens is 394 g/mol. The molecular formula is C24H21N3O4. The number of carbonyl (C=O) groups is 1. The van der Waals surface area contributed by atoms with E-state index in [0.29, 0.717) is 30.4 Å². The Morgan fingerprint density at radius 1 is 1.03 bits per heavy atom. The Kier molecular flexibility index (Phi) is 4.92. The molecule has 0 atom stereocenters. The lowest BCUT2D eigenvalue weighted by atomic mass is 10.2. The Balaban J connectivity index is 1.44. The van der Waals surface area contributed by atoms with Gasteiger partial charge in [-0.15, -0.1) is 0 Å². The number of fused-ring (bicyclic) bond motifs is 2. The zero-order valence-corrected chi connectivity index (χ0v) is 17.0. The normalized spacial score (nSPS) is 12.5. The number of carbonyl (C=O) groups excluding carboxylic acids is 1. The summed E-state index contributed by atoms with van der Waals surface area (Å²) in [5.41, 5.74) is 3.29. The van der Waals surface area contributed by atoms with Crippen LogP contribution in [0.3, 0.4) is 0 Å². The van der Waals surface area contributed by atoms with Gasteiger partial charge in [-0.2, -0.15) is 0 Å². The van der Waals surface area contributed by atoms with Gasteiger partial charge in [-0.05, 0) is 48.5 Å². The van der Waals surface area contributed by atoms with Crippen LogP contribution in [0.25, 0.3) is 22.4 Å². The predicted molar refractivity (Wildman–Crippen MR) is 118 cm³/mol. The SMILES string of the molecule is COc1ccc(-c2nc3ccccc3n2CC(=O)Nc2ccc3c(c2)OCCO3)cc1. The smallest absolute Gasteiger partial charge is 0.244 e. The van der Waals surface area contributed by atoms with Gasteiger partial charge >= 0.3 is 0 Å². The maximum Gasteiger partial charge on any atom is 0.244 e. The Labute approximate surface area is 179 Å². The molecule has 2 heterocycles. The van der Waals surface area contributed by atoms with Crippen molar-refractivity contribution in [2.24, 2.45) is 0 Å². The Bertz CT molecular complexity index is 1250. The molecule has 1 amide bonds. The summed E-state index contributed by atoms with van der Waals surface area (Å²) < 4.78 is 18.3. The van der Waals surface area contributed by atoms with E-state index in [2.05, 4.69) is 5.32 Å². The number of imidazole rings is 1. The molecule has 0 bridgehead atoms. The van der Waals surface area contributed by atoms with E-state index in [1.807, 2.05) is 59.2 Å². The van der Waals surface area contributed by atoms with Gasteiger partial charge < -0.3 is 24.1 Å². The molecule has 31 heavy (non-hydrogen) atoms. The first-order chi connectivity index (χ1) is 15.2. The summed E-state index contributed by atoms with van der Waals surface area (Å²) in [7, 11) is 1.63. The van der Waals surface area contributed by atoms with E-state index in [9.17, 15) is 4.79 Å². The highest BCUT2D eigenvalue weighted by Gasteiger charge is 2.17. The van der Waals surface area contributed by atoms with Crippen LogP contribution >= 0.6 is 0 Å². The second-order valence-electron chi connectivity index (χ2n) is 7.15. The number of hydrogen-bond donors (Lipinski definition) is 1. The zero-order chi connectivity index (χ0) is 21.2. The minimum Gasteiger partial charge on any atom is -0.497 e. The number of aromatic nitrogens is 2. The molecule has 0 unspecified atom stereocenters. The van der Waals surface area contributed by atoms with Crippen molar-refractivity contribution in [2.45, 2.75) is 6.54 Å². The number of rotatable bonds is 5. The molecule has 0 spiro atoms. The average Bonchev–Trinajstić information content (AvgIpc) is 3.17. The van der Waals surface area contributed by atoms with Crippen LogP contribution in [-0.4, -0.2) is 35.8 Å². The fraction of sp³-hybridized carbons (Fsp3) is 0.167. The standard InChI is InChI=1S/C24H21N3O4/c1-29-18-9-6-16(7-10-18)24-26-19-4-2-3-5-20(19)27(24)15-23(28)25-17-8-11-21-22(14-17)31-13-12-30-21/h2-11,14H,12-13,15H2,1H3,(H,25,28). The largest absolute Gasteiger partial charge is 0.497 e. The van der Waals surface area contributed by atoms with Crippen molar-refractivity contribution in [3.05, 3.63) is 66.7 Å². The fourth-order valence-corrected chi connectivity index (χ4v) is 3.66. The first-order valence-electron chi connectivity index (χ1n) is 10.0. The predicted octanol–water partition coefficient (Wildman–Crippen LogP) is 4.12. The van der Waals surface area contributed by atoms with Crippen molar-refractivity contribution >= 4 is 22.6 Å². The third-order valence-electron chi connectivity index (χ3n) is 5.13. The average molecular weight is 415 g/mol. The molecule has 1 aromatic heterocycles. The maximum absolute atomic E-state index is 12.9. The highest BCUT2D eigenvalue weighted by atomic mass is 16.6. The summed E-state index contributed by atoms with van der Waals surface area (Å²) in [4.78, 5) is 17.7. The first-order valence-corrected chi connectivity index (χ1v) is 10.0. The molecule has 5 rings (SSSR count). The monoisotopic (exact) mass is 415 g/mol. The molecule has 7 nitrogen and oxygen atoms in total. The summed E-state index contributed by atoms with van der Waals surface area (Å²) in [5, 5.41) is 2.95. The van der Waals surface area contributed by atoms with Crippen LogP contribution in [0.15, 0.2) is 66.7 Å². The second kappa shape index (κ2) is 8.02. The summed E-state index contributed by atoms with van der Waals surface area (Å²) in [6.07, 6.45) is 0. The number of hydrogen-bond acceptors (Lipinski definition) is 5. The molecule has 0 fully saturated rings. The van der Waals surface area contributed by atoms with Gasteiger partial charge in [0.2, 0.25) is 5.91 Å². The minimum atomic E-state index is -0.158. The summed E-state index contributed by atoms with van der Waals surface area (Å²) in [5.74, 6) is 2.65. The number of benzene rings is 3. The number of nitrogens with one attached hydrogen (secondary N) is 1. The van der Waals surface area contributed by atoms with E-state index in [-0.39, 0.29) is 12.5 Å². The molecule has 0 radical (unpaired) electrons. The Hall–Kier alpha value is -4.00. The van der Waals surface area contributed by atoms with Gasteiger partial charge in [-0.3, -0.25) is 4.79 Å². The molecule has 1 N–H and O–H groups in total. The second-order valence-corrected chi connectivity index (χ2v) is 7.15.